The van der Waals surface area contributed by atoms with Gasteiger partial charge < -0.3 is 4.74 Å². The van der Waals surface area contributed by atoms with Crippen LogP contribution in [0.1, 0.15) is 38.2 Å². The van der Waals surface area contributed by atoms with Crippen LogP contribution in [0, 0.1) is 0 Å². The van der Waals surface area contributed by atoms with E-state index in [2.05, 4.69) is 11.9 Å². The van der Waals surface area contributed by atoms with Gasteiger partial charge in [-0.05, 0) is 12.5 Å². The van der Waals surface area contributed by atoms with E-state index in [9.17, 15) is 13.2 Å². The van der Waals surface area contributed by atoms with Crippen LogP contribution in [0.15, 0.2) is 18.5 Å². The van der Waals surface area contributed by atoms with Gasteiger partial charge in [0.1, 0.15) is 5.75 Å². The molecule has 0 aliphatic rings. The summed E-state index contributed by atoms with van der Waals surface area (Å²) in [6, 6.07) is 0.979. The highest BCUT2D eigenvalue weighted by Crippen LogP contribution is 2.30. The van der Waals surface area contributed by atoms with E-state index in [1.54, 1.807) is 0 Å². The van der Waals surface area contributed by atoms with Gasteiger partial charge in [-0.25, -0.2) is 0 Å². The molecule has 0 bridgehead atoms. The first-order valence-electron chi connectivity index (χ1n) is 5.69. The van der Waals surface area contributed by atoms with Crippen molar-refractivity contribution in [3.8, 4) is 5.75 Å². The fourth-order valence-electron chi connectivity index (χ4n) is 1.37. The highest BCUT2D eigenvalue weighted by molar-refractivity contribution is 5.25. The Morgan fingerprint density at radius 3 is 2.59 bits per heavy atom. The summed E-state index contributed by atoms with van der Waals surface area (Å²) in [7, 11) is 0. The Hall–Kier alpha value is -1.26. The number of rotatable bonds is 6. The molecule has 2 nitrogen and oxygen atoms in total. The second kappa shape index (κ2) is 6.47. The summed E-state index contributed by atoms with van der Waals surface area (Å²) in [5, 5.41) is 0. The van der Waals surface area contributed by atoms with Gasteiger partial charge in [-0.1, -0.05) is 26.2 Å². The normalized spacial score (nSPS) is 11.5. The third-order valence-electron chi connectivity index (χ3n) is 2.31. The Morgan fingerprint density at radius 1 is 1.18 bits per heavy atom. The van der Waals surface area contributed by atoms with Crippen molar-refractivity contribution in [2.24, 2.45) is 0 Å². The summed E-state index contributed by atoms with van der Waals surface area (Å²) >= 11 is 0. The van der Waals surface area contributed by atoms with Crippen LogP contribution in [0.2, 0.25) is 0 Å². The molecule has 0 aromatic carbocycles. The maximum Gasteiger partial charge on any atom is 0.418 e. The molecule has 1 aromatic heterocycles. The van der Waals surface area contributed by atoms with E-state index in [-0.39, 0.29) is 5.75 Å². The maximum absolute atomic E-state index is 12.4. The maximum atomic E-state index is 12.4. The summed E-state index contributed by atoms with van der Waals surface area (Å²) in [5.74, 6) is 0.177. The van der Waals surface area contributed by atoms with Gasteiger partial charge in [0.25, 0.3) is 0 Å². The second-order valence-electron chi connectivity index (χ2n) is 3.82. The molecule has 1 heterocycles. The molecule has 17 heavy (non-hydrogen) atoms. The van der Waals surface area contributed by atoms with Crippen molar-refractivity contribution in [3.05, 3.63) is 24.0 Å². The minimum absolute atomic E-state index is 0.177. The van der Waals surface area contributed by atoms with Crippen molar-refractivity contribution in [1.29, 1.82) is 0 Å². The van der Waals surface area contributed by atoms with Crippen LogP contribution in [-0.4, -0.2) is 11.6 Å². The number of aromatic nitrogens is 1. The summed E-state index contributed by atoms with van der Waals surface area (Å²) in [5.41, 5.74) is -0.774. The topological polar surface area (TPSA) is 22.1 Å². The molecule has 0 aliphatic carbocycles. The predicted octanol–water partition coefficient (Wildman–Crippen LogP) is 4.06. The molecule has 0 fully saturated rings. The summed E-state index contributed by atoms with van der Waals surface area (Å²) in [6.07, 6.45) is 1.84. The Labute approximate surface area is 98.8 Å². The second-order valence-corrected chi connectivity index (χ2v) is 3.82. The van der Waals surface area contributed by atoms with E-state index < -0.39 is 11.7 Å². The molecule has 0 saturated heterocycles. The SMILES string of the molecule is CCCCCCOc1cncc(C(F)(F)F)c1. The first-order valence-corrected chi connectivity index (χ1v) is 5.69. The van der Waals surface area contributed by atoms with Crippen LogP contribution in [0.3, 0.4) is 0 Å². The molecule has 0 radical (unpaired) electrons. The third-order valence-corrected chi connectivity index (χ3v) is 2.31. The van der Waals surface area contributed by atoms with Gasteiger partial charge in [-0.2, -0.15) is 13.2 Å². The molecule has 0 N–H and O–H groups in total. The van der Waals surface area contributed by atoms with Crippen LogP contribution in [0.25, 0.3) is 0 Å². The van der Waals surface area contributed by atoms with Crippen molar-refractivity contribution in [3.63, 3.8) is 0 Å². The van der Waals surface area contributed by atoms with Gasteiger partial charge in [-0.3, -0.25) is 4.98 Å². The number of pyridine rings is 1. The summed E-state index contributed by atoms with van der Waals surface area (Å²) < 4.78 is 42.3. The number of hydrogen-bond donors (Lipinski definition) is 0. The van der Waals surface area contributed by atoms with Crippen molar-refractivity contribution in [2.75, 3.05) is 6.61 Å². The van der Waals surface area contributed by atoms with Gasteiger partial charge in [-0.15, -0.1) is 0 Å². The molecule has 0 aliphatic heterocycles. The Balaban J connectivity index is 2.44. The largest absolute Gasteiger partial charge is 0.492 e. The van der Waals surface area contributed by atoms with E-state index in [0.717, 1.165) is 37.9 Å². The lowest BCUT2D eigenvalue weighted by atomic mass is 10.2. The Kier molecular flexibility index (Phi) is 5.25. The minimum Gasteiger partial charge on any atom is -0.492 e. The van der Waals surface area contributed by atoms with E-state index >= 15 is 0 Å². The molecule has 1 rings (SSSR count). The third kappa shape index (κ3) is 5.06. The quantitative estimate of drug-likeness (QED) is 0.707. The summed E-state index contributed by atoms with van der Waals surface area (Å²) in [4.78, 5) is 3.52. The zero-order chi connectivity index (χ0) is 12.7. The minimum atomic E-state index is -4.37. The molecule has 0 saturated carbocycles. The van der Waals surface area contributed by atoms with Gasteiger partial charge in [0.05, 0.1) is 18.4 Å². The number of hydrogen-bond acceptors (Lipinski definition) is 2. The fourth-order valence-corrected chi connectivity index (χ4v) is 1.37. The molecule has 0 unspecified atom stereocenters. The average molecular weight is 247 g/mol. The zero-order valence-electron chi connectivity index (χ0n) is 9.76. The van der Waals surface area contributed by atoms with Gasteiger partial charge in [0.15, 0.2) is 0 Å². The highest BCUT2D eigenvalue weighted by Gasteiger charge is 2.31. The smallest absolute Gasteiger partial charge is 0.418 e. The first kappa shape index (κ1) is 13.8. The molecule has 0 spiro atoms. The first-order chi connectivity index (χ1) is 8.04. The molecule has 96 valence electrons. The van der Waals surface area contributed by atoms with Gasteiger partial charge in [0.2, 0.25) is 0 Å². The van der Waals surface area contributed by atoms with E-state index in [0.29, 0.717) is 6.61 Å². The standard InChI is InChI=1S/C12H16F3NO/c1-2-3-4-5-6-17-11-7-10(8-16-9-11)12(13,14)15/h7-9H,2-6H2,1H3. The Morgan fingerprint density at radius 2 is 1.94 bits per heavy atom. The van der Waals surface area contributed by atoms with Crippen molar-refractivity contribution in [2.45, 2.75) is 38.8 Å². The molecule has 5 heteroatoms. The molecular weight excluding hydrogens is 231 g/mol. The molecular formula is C12H16F3NO. The van der Waals surface area contributed by atoms with Crippen molar-refractivity contribution < 1.29 is 17.9 Å². The van der Waals surface area contributed by atoms with E-state index in [1.165, 1.54) is 6.20 Å². The average Bonchev–Trinajstić information content (AvgIpc) is 2.28. The number of ether oxygens (including phenoxy) is 1. The van der Waals surface area contributed by atoms with E-state index in [4.69, 9.17) is 4.74 Å². The van der Waals surface area contributed by atoms with E-state index in [1.807, 2.05) is 0 Å². The Bertz CT molecular complexity index is 339. The molecule has 0 amide bonds. The lowest BCUT2D eigenvalue weighted by Crippen LogP contribution is -2.06. The highest BCUT2D eigenvalue weighted by atomic mass is 19.4. The van der Waals surface area contributed by atoms with Crippen LogP contribution in [0.4, 0.5) is 13.2 Å². The summed E-state index contributed by atoms with van der Waals surface area (Å²) in [6.45, 7) is 2.53. The van der Waals surface area contributed by atoms with Gasteiger partial charge >= 0.3 is 6.18 Å². The molecule has 0 atom stereocenters. The predicted molar refractivity (Wildman–Crippen MR) is 58.9 cm³/mol. The lowest BCUT2D eigenvalue weighted by Gasteiger charge is -2.09. The van der Waals surface area contributed by atoms with Crippen LogP contribution in [0.5, 0.6) is 5.75 Å². The van der Waals surface area contributed by atoms with Crippen molar-refractivity contribution >= 4 is 0 Å². The van der Waals surface area contributed by atoms with Crippen molar-refractivity contribution in [1.82, 2.24) is 4.98 Å². The number of alkyl halides is 3. The van der Waals surface area contributed by atoms with Gasteiger partial charge in [0, 0.05) is 6.20 Å². The van der Waals surface area contributed by atoms with Crippen LogP contribution >= 0.6 is 0 Å². The lowest BCUT2D eigenvalue weighted by molar-refractivity contribution is -0.137. The molecule has 1 aromatic rings. The number of unbranched alkanes of at least 4 members (excludes halogenated alkanes) is 3. The van der Waals surface area contributed by atoms with Crippen LogP contribution in [-0.2, 0) is 6.18 Å². The monoisotopic (exact) mass is 247 g/mol. The number of nitrogens with zero attached hydrogens (tertiary/aromatic N) is 1. The van der Waals surface area contributed by atoms with Crippen LogP contribution < -0.4 is 4.74 Å². The fraction of sp³-hybridized carbons (Fsp3) is 0.583. The number of halogens is 3. The zero-order valence-corrected chi connectivity index (χ0v) is 9.76.